The molecule has 0 saturated carbocycles. The van der Waals surface area contributed by atoms with Crippen molar-refractivity contribution in [3.63, 3.8) is 0 Å². The number of nitrogens with one attached hydrogen (secondary N) is 1. The van der Waals surface area contributed by atoms with E-state index in [9.17, 15) is 0 Å². The number of guanidine groups is 1. The number of hydrogen-bond acceptors (Lipinski definition) is 3. The van der Waals surface area contributed by atoms with Crippen LogP contribution in [0.5, 0.6) is 5.75 Å². The summed E-state index contributed by atoms with van der Waals surface area (Å²) in [6.07, 6.45) is 6.13. The third-order valence-electron chi connectivity index (χ3n) is 5.80. The van der Waals surface area contributed by atoms with Gasteiger partial charge in [0.15, 0.2) is 5.96 Å². The molecule has 1 aliphatic rings. The molecule has 176 valence electrons. The van der Waals surface area contributed by atoms with Crippen molar-refractivity contribution in [2.45, 2.75) is 45.9 Å². The molecule has 0 unspecified atom stereocenters. The van der Waals surface area contributed by atoms with Crippen molar-refractivity contribution in [2.75, 3.05) is 19.6 Å². The minimum Gasteiger partial charge on any atom is -0.490 e. The fourth-order valence-corrected chi connectivity index (χ4v) is 4.06. The first-order valence-electron chi connectivity index (χ1n) is 11.5. The topological polar surface area (TPSA) is 54.7 Å². The van der Waals surface area contributed by atoms with E-state index in [4.69, 9.17) is 9.73 Å². The number of aliphatic imine (C=N–C) groups is 1. The van der Waals surface area contributed by atoms with Crippen molar-refractivity contribution in [3.8, 4) is 5.75 Å². The highest BCUT2D eigenvalue weighted by atomic mass is 127. The number of likely N-dealkylation sites (tertiary alicyclic amines) is 1. The van der Waals surface area contributed by atoms with Gasteiger partial charge in [-0.05, 0) is 37.1 Å². The van der Waals surface area contributed by atoms with Crippen LogP contribution in [0.1, 0.15) is 36.7 Å². The molecule has 0 spiro atoms. The summed E-state index contributed by atoms with van der Waals surface area (Å²) in [5, 5.41) is 3.47. The second-order valence-electron chi connectivity index (χ2n) is 8.21. The van der Waals surface area contributed by atoms with Gasteiger partial charge in [-0.25, -0.2) is 9.98 Å². The molecule has 2 heterocycles. The van der Waals surface area contributed by atoms with Crippen LogP contribution in [0.3, 0.4) is 0 Å². The van der Waals surface area contributed by atoms with Crippen LogP contribution in [-0.2, 0) is 13.1 Å². The van der Waals surface area contributed by atoms with Gasteiger partial charge >= 0.3 is 0 Å². The molecule has 1 N–H and O–H groups in total. The molecule has 7 heteroatoms. The lowest BCUT2D eigenvalue weighted by molar-refractivity contribution is 0.129. The normalized spacial score (nSPS) is 14.6. The number of imidazole rings is 1. The Hall–Kier alpha value is -2.55. The molecule has 1 aromatic heterocycles. The van der Waals surface area contributed by atoms with Crippen LogP contribution in [0.4, 0.5) is 0 Å². The fourth-order valence-electron chi connectivity index (χ4n) is 4.06. The third kappa shape index (κ3) is 7.22. The molecular weight excluding hydrogens is 525 g/mol. The van der Waals surface area contributed by atoms with Crippen LogP contribution in [0.2, 0.25) is 0 Å². The summed E-state index contributed by atoms with van der Waals surface area (Å²) in [6.45, 7) is 8.41. The molecule has 1 aliphatic heterocycles. The summed E-state index contributed by atoms with van der Waals surface area (Å²) < 4.78 is 8.30. The average molecular weight is 559 g/mol. The first-order chi connectivity index (χ1) is 15.7. The SMILES string of the molecule is CCNC(=NCc1cccc(Cn2ccnc2C)c1)N1CCC(Oc2ccccc2)CC1.I. The fraction of sp³-hybridized carbons (Fsp3) is 0.385. The monoisotopic (exact) mass is 559 g/mol. The number of ether oxygens (including phenoxy) is 1. The standard InChI is InChI=1S/C26H33N5O.HI/c1-3-27-26(30-15-12-25(13-16-30)32-24-10-5-4-6-11-24)29-19-22-8-7-9-23(18-22)20-31-17-14-28-21(31)2;/h4-11,14,17-18,25H,3,12-13,15-16,19-20H2,1-2H3,(H,27,29);1H. The highest BCUT2D eigenvalue weighted by molar-refractivity contribution is 14.0. The van der Waals surface area contributed by atoms with E-state index in [-0.39, 0.29) is 30.1 Å². The van der Waals surface area contributed by atoms with Crippen molar-refractivity contribution >= 4 is 29.9 Å². The van der Waals surface area contributed by atoms with Gasteiger partial charge in [-0.15, -0.1) is 24.0 Å². The summed E-state index contributed by atoms with van der Waals surface area (Å²) in [7, 11) is 0. The van der Waals surface area contributed by atoms with Crippen LogP contribution in [0.25, 0.3) is 0 Å². The molecule has 4 rings (SSSR count). The van der Waals surface area contributed by atoms with Crippen LogP contribution in [0.15, 0.2) is 72.0 Å². The zero-order chi connectivity index (χ0) is 22.2. The minimum atomic E-state index is 0. The van der Waals surface area contributed by atoms with Gasteiger partial charge in [0.2, 0.25) is 0 Å². The zero-order valence-electron chi connectivity index (χ0n) is 19.5. The van der Waals surface area contributed by atoms with Gasteiger partial charge in [0, 0.05) is 51.4 Å². The summed E-state index contributed by atoms with van der Waals surface area (Å²) in [5.74, 6) is 2.97. The average Bonchev–Trinajstić information content (AvgIpc) is 3.22. The lowest BCUT2D eigenvalue weighted by atomic mass is 10.1. The maximum Gasteiger partial charge on any atom is 0.194 e. The van der Waals surface area contributed by atoms with Crippen molar-refractivity contribution in [2.24, 2.45) is 4.99 Å². The van der Waals surface area contributed by atoms with E-state index in [1.807, 2.05) is 49.6 Å². The molecule has 0 radical (unpaired) electrons. The van der Waals surface area contributed by atoms with Crippen LogP contribution < -0.4 is 10.1 Å². The third-order valence-corrected chi connectivity index (χ3v) is 5.80. The first-order valence-corrected chi connectivity index (χ1v) is 11.5. The summed E-state index contributed by atoms with van der Waals surface area (Å²) in [4.78, 5) is 11.6. The second kappa shape index (κ2) is 12.6. The van der Waals surface area contributed by atoms with E-state index >= 15 is 0 Å². The number of nitrogens with zero attached hydrogens (tertiary/aromatic N) is 4. The first kappa shape index (κ1) is 25.1. The van der Waals surface area contributed by atoms with E-state index in [1.54, 1.807) is 0 Å². The molecule has 0 aliphatic carbocycles. The van der Waals surface area contributed by atoms with Crippen LogP contribution in [0, 0.1) is 6.92 Å². The lowest BCUT2D eigenvalue weighted by Gasteiger charge is -2.34. The molecular formula is C26H34IN5O. The summed E-state index contributed by atoms with van der Waals surface area (Å²) >= 11 is 0. The quantitative estimate of drug-likeness (QED) is 0.255. The van der Waals surface area contributed by atoms with Crippen LogP contribution >= 0.6 is 24.0 Å². The largest absolute Gasteiger partial charge is 0.490 e. The second-order valence-corrected chi connectivity index (χ2v) is 8.21. The lowest BCUT2D eigenvalue weighted by Crippen LogP contribution is -2.47. The zero-order valence-corrected chi connectivity index (χ0v) is 21.8. The number of aryl methyl sites for hydroxylation is 1. The summed E-state index contributed by atoms with van der Waals surface area (Å²) in [5.41, 5.74) is 2.49. The van der Waals surface area contributed by atoms with Gasteiger partial charge in [0.05, 0.1) is 6.54 Å². The van der Waals surface area contributed by atoms with Gasteiger partial charge in [-0.3, -0.25) is 0 Å². The van der Waals surface area contributed by atoms with Crippen molar-refractivity contribution in [3.05, 3.63) is 83.9 Å². The number of aromatic nitrogens is 2. The molecule has 0 bridgehead atoms. The van der Waals surface area contributed by atoms with E-state index in [1.165, 1.54) is 11.1 Å². The Labute approximate surface area is 214 Å². The Kier molecular flexibility index (Phi) is 9.60. The number of benzene rings is 2. The number of hydrogen-bond donors (Lipinski definition) is 1. The van der Waals surface area contributed by atoms with Crippen molar-refractivity contribution in [1.82, 2.24) is 19.8 Å². The van der Waals surface area contributed by atoms with E-state index in [0.29, 0.717) is 6.54 Å². The van der Waals surface area contributed by atoms with Gasteiger partial charge in [-0.1, -0.05) is 42.5 Å². The molecule has 1 saturated heterocycles. The Morgan fingerprint density at radius 3 is 2.55 bits per heavy atom. The molecule has 0 atom stereocenters. The van der Waals surface area contributed by atoms with Gasteiger partial charge in [0.1, 0.15) is 17.7 Å². The molecule has 6 nitrogen and oxygen atoms in total. The predicted octanol–water partition coefficient (Wildman–Crippen LogP) is 4.87. The molecule has 33 heavy (non-hydrogen) atoms. The van der Waals surface area contributed by atoms with Crippen LogP contribution in [-0.4, -0.2) is 46.1 Å². The maximum atomic E-state index is 6.14. The Bertz CT molecular complexity index is 1010. The van der Waals surface area contributed by atoms with Gasteiger partial charge in [-0.2, -0.15) is 0 Å². The Morgan fingerprint density at radius 1 is 1.09 bits per heavy atom. The number of rotatable bonds is 7. The Morgan fingerprint density at radius 2 is 1.85 bits per heavy atom. The smallest absolute Gasteiger partial charge is 0.194 e. The van der Waals surface area contributed by atoms with E-state index in [2.05, 4.69) is 51.0 Å². The van der Waals surface area contributed by atoms with E-state index in [0.717, 1.165) is 56.6 Å². The van der Waals surface area contributed by atoms with E-state index < -0.39 is 0 Å². The number of halogens is 1. The highest BCUT2D eigenvalue weighted by Crippen LogP contribution is 2.19. The number of para-hydroxylation sites is 1. The predicted molar refractivity (Wildman–Crippen MR) is 144 cm³/mol. The maximum absolute atomic E-state index is 6.14. The van der Waals surface area contributed by atoms with Crippen molar-refractivity contribution in [1.29, 1.82) is 0 Å². The highest BCUT2D eigenvalue weighted by Gasteiger charge is 2.22. The molecule has 1 fully saturated rings. The molecule has 2 aromatic carbocycles. The van der Waals surface area contributed by atoms with Gasteiger partial charge < -0.3 is 19.5 Å². The summed E-state index contributed by atoms with van der Waals surface area (Å²) in [6, 6.07) is 18.8. The Balaban J connectivity index is 0.00000306. The van der Waals surface area contributed by atoms with Crippen molar-refractivity contribution < 1.29 is 4.74 Å². The number of piperidine rings is 1. The van der Waals surface area contributed by atoms with Gasteiger partial charge in [0.25, 0.3) is 0 Å². The molecule has 3 aromatic rings. The minimum absolute atomic E-state index is 0. The molecule has 0 amide bonds.